The van der Waals surface area contributed by atoms with E-state index in [4.69, 9.17) is 14.2 Å². The summed E-state index contributed by atoms with van der Waals surface area (Å²) in [6, 6.07) is 22.4. The van der Waals surface area contributed by atoms with Gasteiger partial charge in [-0.25, -0.2) is 4.79 Å². The third kappa shape index (κ3) is 6.78. The first-order valence-electron chi connectivity index (χ1n) is 9.68. The van der Waals surface area contributed by atoms with E-state index in [0.717, 1.165) is 16.9 Å². The molecule has 0 spiro atoms. The fourth-order valence-electron chi connectivity index (χ4n) is 2.76. The topological polar surface area (TPSA) is 85.9 Å². The van der Waals surface area contributed by atoms with Gasteiger partial charge >= 0.3 is 5.97 Å². The molecule has 1 amide bonds. The standard InChI is InChI=1S/C24H24N2O5/c1-17-8-13-22(29-2)21(14-17)26-23(27)15-31-24(28)16-30-20-11-9-19(10-12-20)25-18-6-4-3-5-7-18/h3-14,25H,15-16H2,1-2H3,(H,26,27). The Bertz CT molecular complexity index is 1020. The number of anilines is 3. The Hall–Kier alpha value is -4.00. The molecule has 7 nitrogen and oxygen atoms in total. The Balaban J connectivity index is 1.42. The van der Waals surface area contributed by atoms with Crippen LogP contribution < -0.4 is 20.1 Å². The lowest BCUT2D eigenvalue weighted by atomic mass is 10.2. The van der Waals surface area contributed by atoms with Crippen LogP contribution >= 0.6 is 0 Å². The van der Waals surface area contributed by atoms with Crippen LogP contribution in [0.25, 0.3) is 0 Å². The van der Waals surface area contributed by atoms with Gasteiger partial charge in [0, 0.05) is 11.4 Å². The van der Waals surface area contributed by atoms with Crippen LogP contribution in [0.1, 0.15) is 5.56 Å². The summed E-state index contributed by atoms with van der Waals surface area (Å²) in [7, 11) is 1.52. The zero-order valence-corrected chi connectivity index (χ0v) is 17.4. The molecule has 2 N–H and O–H groups in total. The van der Waals surface area contributed by atoms with Crippen LogP contribution in [0.15, 0.2) is 72.8 Å². The Labute approximate surface area is 180 Å². The van der Waals surface area contributed by atoms with Gasteiger partial charge in [0.2, 0.25) is 0 Å². The zero-order valence-electron chi connectivity index (χ0n) is 17.4. The van der Waals surface area contributed by atoms with Gasteiger partial charge in [0.25, 0.3) is 5.91 Å². The maximum absolute atomic E-state index is 12.1. The molecule has 0 atom stereocenters. The average molecular weight is 420 g/mol. The number of nitrogens with one attached hydrogen (secondary N) is 2. The molecule has 0 aromatic heterocycles. The Kier molecular flexibility index (Phi) is 7.48. The SMILES string of the molecule is COc1ccc(C)cc1NC(=O)COC(=O)COc1ccc(Nc2ccccc2)cc1. The average Bonchev–Trinajstić information content (AvgIpc) is 2.78. The van der Waals surface area contributed by atoms with Crippen molar-refractivity contribution in [1.29, 1.82) is 0 Å². The van der Waals surface area contributed by atoms with Crippen molar-refractivity contribution >= 4 is 28.9 Å². The summed E-state index contributed by atoms with van der Waals surface area (Å²) < 4.78 is 15.6. The van der Waals surface area contributed by atoms with Gasteiger partial charge in [-0.05, 0) is 61.0 Å². The van der Waals surface area contributed by atoms with E-state index in [9.17, 15) is 9.59 Å². The lowest BCUT2D eigenvalue weighted by Gasteiger charge is -2.11. The van der Waals surface area contributed by atoms with E-state index in [2.05, 4.69) is 10.6 Å². The molecule has 0 radical (unpaired) electrons. The maximum atomic E-state index is 12.1. The first kappa shape index (κ1) is 21.7. The number of esters is 1. The van der Waals surface area contributed by atoms with Gasteiger partial charge in [-0.1, -0.05) is 24.3 Å². The number of methoxy groups -OCH3 is 1. The molecule has 3 rings (SSSR count). The van der Waals surface area contributed by atoms with Crippen molar-refractivity contribution in [2.75, 3.05) is 31.0 Å². The largest absolute Gasteiger partial charge is 0.495 e. The molecule has 0 unspecified atom stereocenters. The minimum atomic E-state index is -0.641. The molecular weight excluding hydrogens is 396 g/mol. The highest BCUT2D eigenvalue weighted by Crippen LogP contribution is 2.25. The van der Waals surface area contributed by atoms with Crippen LogP contribution in [0.5, 0.6) is 11.5 Å². The molecule has 31 heavy (non-hydrogen) atoms. The van der Waals surface area contributed by atoms with Gasteiger partial charge in [-0.15, -0.1) is 0 Å². The summed E-state index contributed by atoms with van der Waals surface area (Å²) in [5.41, 5.74) is 3.35. The summed E-state index contributed by atoms with van der Waals surface area (Å²) in [4.78, 5) is 24.0. The Morgan fingerprint density at radius 1 is 0.871 bits per heavy atom. The fourth-order valence-corrected chi connectivity index (χ4v) is 2.76. The first-order chi connectivity index (χ1) is 15.0. The van der Waals surface area contributed by atoms with Gasteiger partial charge in [0.15, 0.2) is 13.2 Å². The van der Waals surface area contributed by atoms with Crippen LogP contribution in [0, 0.1) is 6.92 Å². The summed E-state index contributed by atoms with van der Waals surface area (Å²) in [5.74, 6) is -0.0604. The van der Waals surface area contributed by atoms with Gasteiger partial charge < -0.3 is 24.8 Å². The molecule has 7 heteroatoms. The number of carbonyl (C=O) groups excluding carboxylic acids is 2. The van der Waals surface area contributed by atoms with E-state index in [1.54, 1.807) is 24.3 Å². The van der Waals surface area contributed by atoms with Crippen molar-refractivity contribution in [1.82, 2.24) is 0 Å². The minimum Gasteiger partial charge on any atom is -0.495 e. The number of hydrogen-bond donors (Lipinski definition) is 2. The van der Waals surface area contributed by atoms with Crippen LogP contribution in [-0.4, -0.2) is 32.2 Å². The molecular formula is C24H24N2O5. The van der Waals surface area contributed by atoms with E-state index in [1.807, 2.05) is 55.5 Å². The molecule has 0 bridgehead atoms. The molecule has 3 aromatic rings. The number of benzene rings is 3. The highest BCUT2D eigenvalue weighted by molar-refractivity contribution is 5.94. The molecule has 0 saturated heterocycles. The van der Waals surface area contributed by atoms with E-state index in [1.165, 1.54) is 7.11 Å². The predicted octanol–water partition coefficient (Wildman–Crippen LogP) is 4.31. The van der Waals surface area contributed by atoms with Crippen molar-refractivity contribution in [2.45, 2.75) is 6.92 Å². The Morgan fingerprint density at radius 2 is 1.58 bits per heavy atom. The van der Waals surface area contributed by atoms with E-state index in [0.29, 0.717) is 17.2 Å². The second-order valence-corrected chi connectivity index (χ2v) is 6.72. The predicted molar refractivity (Wildman–Crippen MR) is 119 cm³/mol. The van der Waals surface area contributed by atoms with Gasteiger partial charge in [0.1, 0.15) is 11.5 Å². The van der Waals surface area contributed by atoms with Crippen molar-refractivity contribution < 1.29 is 23.8 Å². The Morgan fingerprint density at radius 3 is 2.29 bits per heavy atom. The lowest BCUT2D eigenvalue weighted by Crippen LogP contribution is -2.23. The van der Waals surface area contributed by atoms with Crippen LogP contribution in [0.3, 0.4) is 0 Å². The van der Waals surface area contributed by atoms with Gasteiger partial charge in [0.05, 0.1) is 12.8 Å². The number of ether oxygens (including phenoxy) is 3. The third-order valence-electron chi connectivity index (χ3n) is 4.27. The van der Waals surface area contributed by atoms with E-state index < -0.39 is 18.5 Å². The van der Waals surface area contributed by atoms with E-state index in [-0.39, 0.29) is 6.61 Å². The zero-order chi connectivity index (χ0) is 22.1. The molecule has 3 aromatic carbocycles. The number of para-hydroxylation sites is 1. The quantitative estimate of drug-likeness (QED) is 0.502. The normalized spacial score (nSPS) is 10.1. The van der Waals surface area contributed by atoms with E-state index >= 15 is 0 Å². The summed E-state index contributed by atoms with van der Waals surface area (Å²) in [5, 5.41) is 5.93. The van der Waals surface area contributed by atoms with Crippen LogP contribution in [0.4, 0.5) is 17.1 Å². The molecule has 0 aliphatic rings. The third-order valence-corrected chi connectivity index (χ3v) is 4.27. The number of carbonyl (C=O) groups is 2. The second kappa shape index (κ2) is 10.7. The number of amides is 1. The summed E-state index contributed by atoms with van der Waals surface area (Å²) >= 11 is 0. The van der Waals surface area contributed by atoms with Crippen LogP contribution in [-0.2, 0) is 14.3 Å². The number of aryl methyl sites for hydroxylation is 1. The first-order valence-corrected chi connectivity index (χ1v) is 9.68. The molecule has 0 aliphatic heterocycles. The maximum Gasteiger partial charge on any atom is 0.344 e. The second-order valence-electron chi connectivity index (χ2n) is 6.72. The van der Waals surface area contributed by atoms with Crippen LogP contribution in [0.2, 0.25) is 0 Å². The number of hydrogen-bond acceptors (Lipinski definition) is 6. The van der Waals surface area contributed by atoms with Crippen molar-refractivity contribution in [3.05, 3.63) is 78.4 Å². The highest BCUT2D eigenvalue weighted by Gasteiger charge is 2.11. The lowest BCUT2D eigenvalue weighted by molar-refractivity contribution is -0.149. The monoisotopic (exact) mass is 420 g/mol. The molecule has 0 aliphatic carbocycles. The molecule has 0 saturated carbocycles. The molecule has 0 fully saturated rings. The van der Waals surface area contributed by atoms with Crippen molar-refractivity contribution in [3.8, 4) is 11.5 Å². The number of rotatable bonds is 9. The van der Waals surface area contributed by atoms with Crippen molar-refractivity contribution in [3.63, 3.8) is 0 Å². The molecule has 0 heterocycles. The van der Waals surface area contributed by atoms with Gasteiger partial charge in [-0.2, -0.15) is 0 Å². The smallest absolute Gasteiger partial charge is 0.344 e. The summed E-state index contributed by atoms with van der Waals surface area (Å²) in [6.07, 6.45) is 0. The summed E-state index contributed by atoms with van der Waals surface area (Å²) in [6.45, 7) is 1.18. The van der Waals surface area contributed by atoms with Crippen molar-refractivity contribution in [2.24, 2.45) is 0 Å². The van der Waals surface area contributed by atoms with Gasteiger partial charge in [-0.3, -0.25) is 4.79 Å². The molecule has 160 valence electrons. The highest BCUT2D eigenvalue weighted by atomic mass is 16.6. The fraction of sp³-hybridized carbons (Fsp3) is 0.167. The minimum absolute atomic E-state index is 0.299.